The van der Waals surface area contributed by atoms with Crippen LogP contribution >= 0.6 is 0 Å². The molecule has 1 aromatic rings. The molecule has 0 bridgehead atoms. The number of nitrogens with one attached hydrogen (secondary N) is 1. The predicted octanol–water partition coefficient (Wildman–Crippen LogP) is 1.51. The Morgan fingerprint density at radius 1 is 1.43 bits per heavy atom. The molecule has 0 spiro atoms. The van der Waals surface area contributed by atoms with Crippen LogP contribution in [0.25, 0.3) is 0 Å². The highest BCUT2D eigenvalue weighted by Gasteiger charge is 2.31. The van der Waals surface area contributed by atoms with Gasteiger partial charge in [0.05, 0.1) is 11.0 Å². The van der Waals surface area contributed by atoms with Crippen molar-refractivity contribution in [3.63, 3.8) is 0 Å². The van der Waals surface area contributed by atoms with Crippen molar-refractivity contribution in [2.45, 2.75) is 37.3 Å². The van der Waals surface area contributed by atoms with E-state index in [1.54, 1.807) is 17.5 Å². The lowest BCUT2D eigenvalue weighted by Gasteiger charge is -2.31. The van der Waals surface area contributed by atoms with Crippen LogP contribution in [0.3, 0.4) is 0 Å². The van der Waals surface area contributed by atoms with Crippen molar-refractivity contribution in [3.05, 3.63) is 29.3 Å². The van der Waals surface area contributed by atoms with Gasteiger partial charge in [0, 0.05) is 26.7 Å². The molecule has 1 aliphatic heterocycles. The number of methoxy groups -OCH3 is 1. The maximum atomic E-state index is 12.9. The van der Waals surface area contributed by atoms with Crippen molar-refractivity contribution < 1.29 is 13.2 Å². The van der Waals surface area contributed by atoms with E-state index >= 15 is 0 Å². The van der Waals surface area contributed by atoms with Gasteiger partial charge in [0.1, 0.15) is 0 Å². The van der Waals surface area contributed by atoms with Crippen molar-refractivity contribution >= 4 is 10.0 Å². The highest BCUT2D eigenvalue weighted by Crippen LogP contribution is 2.25. The van der Waals surface area contributed by atoms with E-state index in [1.807, 2.05) is 26.1 Å². The molecule has 1 heterocycles. The summed E-state index contributed by atoms with van der Waals surface area (Å²) in [6.07, 6.45) is 1.75. The second-order valence-corrected chi connectivity index (χ2v) is 7.34. The Morgan fingerprint density at radius 2 is 2.19 bits per heavy atom. The van der Waals surface area contributed by atoms with Gasteiger partial charge in [0.25, 0.3) is 0 Å². The number of sulfonamides is 1. The van der Waals surface area contributed by atoms with Gasteiger partial charge < -0.3 is 10.1 Å². The van der Waals surface area contributed by atoms with E-state index < -0.39 is 10.0 Å². The largest absolute Gasteiger partial charge is 0.380 e. The summed E-state index contributed by atoms with van der Waals surface area (Å²) in [6.45, 7) is 3.54. The molecule has 0 aromatic heterocycles. The van der Waals surface area contributed by atoms with Crippen LogP contribution in [0.1, 0.15) is 24.0 Å². The quantitative estimate of drug-likeness (QED) is 0.895. The summed E-state index contributed by atoms with van der Waals surface area (Å²) < 4.78 is 32.6. The second-order valence-electron chi connectivity index (χ2n) is 5.43. The first-order valence-corrected chi connectivity index (χ1v) is 8.70. The van der Waals surface area contributed by atoms with Crippen LogP contribution in [0.4, 0.5) is 0 Å². The zero-order valence-electron chi connectivity index (χ0n) is 12.9. The molecule has 0 amide bonds. The van der Waals surface area contributed by atoms with Gasteiger partial charge in [-0.3, -0.25) is 0 Å². The van der Waals surface area contributed by atoms with Crippen molar-refractivity contribution in [2.24, 2.45) is 0 Å². The molecular formula is C15H24N2O3S. The maximum absolute atomic E-state index is 12.9. The molecule has 1 unspecified atom stereocenters. The summed E-state index contributed by atoms with van der Waals surface area (Å²) in [5.41, 5.74) is 1.84. The average molecular weight is 312 g/mol. The van der Waals surface area contributed by atoms with Gasteiger partial charge in [-0.15, -0.1) is 0 Å². The van der Waals surface area contributed by atoms with Crippen molar-refractivity contribution in [3.8, 4) is 0 Å². The minimum atomic E-state index is -3.45. The molecule has 1 atom stereocenters. The van der Waals surface area contributed by atoms with Crippen LogP contribution in [-0.4, -0.2) is 46.1 Å². The van der Waals surface area contributed by atoms with Gasteiger partial charge in [-0.25, -0.2) is 8.42 Å². The summed E-state index contributed by atoms with van der Waals surface area (Å²) in [5, 5.41) is 3.07. The van der Waals surface area contributed by atoms with E-state index in [4.69, 9.17) is 4.74 Å². The fourth-order valence-corrected chi connectivity index (χ4v) is 4.55. The van der Waals surface area contributed by atoms with Crippen LogP contribution in [-0.2, 0) is 21.3 Å². The number of ether oxygens (including phenoxy) is 1. The Labute approximate surface area is 127 Å². The molecule has 1 N–H and O–H groups in total. The lowest BCUT2D eigenvalue weighted by atomic mass is 10.1. The lowest BCUT2D eigenvalue weighted by molar-refractivity contribution is 0.0571. The molecule has 2 rings (SSSR count). The third-order valence-corrected chi connectivity index (χ3v) is 6.07. The van der Waals surface area contributed by atoms with Crippen LogP contribution in [0.5, 0.6) is 0 Å². The first kappa shape index (κ1) is 16.4. The number of benzene rings is 1. The van der Waals surface area contributed by atoms with E-state index in [2.05, 4.69) is 5.32 Å². The number of rotatable bonds is 5. The number of hydrogen-bond donors (Lipinski definition) is 1. The Bertz CT molecular complexity index is 587. The lowest BCUT2D eigenvalue weighted by Crippen LogP contribution is -2.43. The Hall–Kier alpha value is -0.950. The van der Waals surface area contributed by atoms with Crippen molar-refractivity contribution in [1.82, 2.24) is 9.62 Å². The molecule has 0 saturated carbocycles. The monoisotopic (exact) mass is 312 g/mol. The topological polar surface area (TPSA) is 58.6 Å². The normalized spacial score (nSPS) is 20.6. The van der Waals surface area contributed by atoms with E-state index in [-0.39, 0.29) is 6.10 Å². The molecule has 1 aliphatic rings. The predicted molar refractivity (Wildman–Crippen MR) is 82.7 cm³/mol. The van der Waals surface area contributed by atoms with Gasteiger partial charge in [0.15, 0.2) is 0 Å². The number of piperidine rings is 1. The minimum absolute atomic E-state index is 0.00526. The molecule has 0 aliphatic carbocycles. The van der Waals surface area contributed by atoms with E-state index in [9.17, 15) is 8.42 Å². The van der Waals surface area contributed by atoms with Crippen molar-refractivity contribution in [1.29, 1.82) is 0 Å². The first-order valence-electron chi connectivity index (χ1n) is 7.26. The molecule has 21 heavy (non-hydrogen) atoms. The van der Waals surface area contributed by atoms with Gasteiger partial charge in [0.2, 0.25) is 10.0 Å². The Balaban J connectivity index is 2.33. The molecular weight excluding hydrogens is 288 g/mol. The fraction of sp³-hybridized carbons (Fsp3) is 0.600. The zero-order valence-corrected chi connectivity index (χ0v) is 13.7. The zero-order chi connectivity index (χ0) is 15.5. The van der Waals surface area contributed by atoms with Crippen molar-refractivity contribution in [2.75, 3.05) is 27.2 Å². The maximum Gasteiger partial charge on any atom is 0.243 e. The van der Waals surface area contributed by atoms with Crippen LogP contribution in [0.2, 0.25) is 0 Å². The number of nitrogens with zero attached hydrogens (tertiary/aromatic N) is 1. The van der Waals surface area contributed by atoms with Crippen LogP contribution < -0.4 is 5.32 Å². The number of hydrogen-bond acceptors (Lipinski definition) is 4. The summed E-state index contributed by atoms with van der Waals surface area (Å²) in [5.74, 6) is 0. The molecule has 6 heteroatoms. The Morgan fingerprint density at radius 3 is 2.86 bits per heavy atom. The van der Waals surface area contributed by atoms with Gasteiger partial charge in [-0.1, -0.05) is 12.1 Å². The summed E-state index contributed by atoms with van der Waals surface area (Å²) in [7, 11) is 0.0431. The molecule has 1 fully saturated rings. The molecule has 5 nitrogen and oxygen atoms in total. The highest BCUT2D eigenvalue weighted by molar-refractivity contribution is 7.89. The van der Waals surface area contributed by atoms with E-state index in [0.29, 0.717) is 24.5 Å². The first-order chi connectivity index (χ1) is 10.0. The smallest absolute Gasteiger partial charge is 0.243 e. The average Bonchev–Trinajstić information content (AvgIpc) is 2.49. The summed E-state index contributed by atoms with van der Waals surface area (Å²) >= 11 is 0. The third-order valence-electron chi connectivity index (χ3n) is 4.06. The fourth-order valence-electron chi connectivity index (χ4n) is 2.78. The highest BCUT2D eigenvalue weighted by atomic mass is 32.2. The van der Waals surface area contributed by atoms with Gasteiger partial charge in [-0.2, -0.15) is 4.31 Å². The van der Waals surface area contributed by atoms with Gasteiger partial charge in [-0.05, 0) is 44.0 Å². The molecule has 118 valence electrons. The SMILES string of the molecule is CNCc1cccc(S(=O)(=O)N2CCCC(OC)C2)c1C. The molecule has 1 saturated heterocycles. The molecule has 1 aromatic carbocycles. The standard InChI is InChI=1S/C15H24N2O3S/c1-12-13(10-16-2)6-4-8-15(12)21(18,19)17-9-5-7-14(11-17)20-3/h4,6,8,14,16H,5,7,9-11H2,1-3H3. The van der Waals surface area contributed by atoms with Crippen LogP contribution in [0, 0.1) is 6.92 Å². The summed E-state index contributed by atoms with van der Waals surface area (Å²) in [4.78, 5) is 0.409. The second kappa shape index (κ2) is 6.87. The minimum Gasteiger partial charge on any atom is -0.380 e. The Kier molecular flexibility index (Phi) is 5.37. The van der Waals surface area contributed by atoms with E-state index in [1.165, 1.54) is 0 Å². The third kappa shape index (κ3) is 3.45. The summed E-state index contributed by atoms with van der Waals surface area (Å²) in [6, 6.07) is 5.46. The molecule has 0 radical (unpaired) electrons. The van der Waals surface area contributed by atoms with Gasteiger partial charge >= 0.3 is 0 Å². The van der Waals surface area contributed by atoms with Crippen LogP contribution in [0.15, 0.2) is 23.1 Å². The van der Waals surface area contributed by atoms with E-state index in [0.717, 1.165) is 24.0 Å².